The Morgan fingerprint density at radius 2 is 1.77 bits per heavy atom. The molecule has 0 spiro atoms. The Morgan fingerprint density at radius 3 is 2.46 bits per heavy atom. The third kappa shape index (κ3) is 4.68. The first-order valence-corrected chi connectivity index (χ1v) is 9.19. The zero-order valence-electron chi connectivity index (χ0n) is 15.0. The zero-order valence-corrected chi connectivity index (χ0v) is 15.7. The Bertz CT molecular complexity index is 728. The molecule has 3 rings (SSSR count). The van der Waals surface area contributed by atoms with Crippen LogP contribution in [0.3, 0.4) is 0 Å². The van der Waals surface area contributed by atoms with E-state index in [1.54, 1.807) is 31.4 Å². The van der Waals surface area contributed by atoms with Gasteiger partial charge in [0.15, 0.2) is 0 Å². The highest BCUT2D eigenvalue weighted by molar-refractivity contribution is 6.30. The van der Waals surface area contributed by atoms with Crippen LogP contribution in [0.15, 0.2) is 48.5 Å². The van der Waals surface area contributed by atoms with E-state index in [0.717, 1.165) is 44.2 Å². The molecule has 1 aliphatic heterocycles. The lowest BCUT2D eigenvalue weighted by atomic mass is 10.2. The van der Waals surface area contributed by atoms with Crippen LogP contribution >= 0.6 is 11.6 Å². The number of nitrogens with one attached hydrogen (secondary N) is 1. The molecule has 2 aromatic rings. The van der Waals surface area contributed by atoms with E-state index < -0.39 is 0 Å². The summed E-state index contributed by atoms with van der Waals surface area (Å²) in [6.07, 6.45) is 0. The molecule has 1 N–H and O–H groups in total. The van der Waals surface area contributed by atoms with Crippen LogP contribution in [0.25, 0.3) is 0 Å². The van der Waals surface area contributed by atoms with E-state index in [1.807, 2.05) is 18.2 Å². The lowest BCUT2D eigenvalue weighted by molar-refractivity contribution is 0.0948. The first kappa shape index (κ1) is 18.5. The van der Waals surface area contributed by atoms with E-state index in [2.05, 4.69) is 21.2 Å². The fourth-order valence-corrected chi connectivity index (χ4v) is 3.26. The van der Waals surface area contributed by atoms with Gasteiger partial charge in [0, 0.05) is 49.9 Å². The summed E-state index contributed by atoms with van der Waals surface area (Å²) in [5.74, 6) is 0.852. The van der Waals surface area contributed by atoms with Crippen molar-refractivity contribution in [1.82, 2.24) is 10.2 Å². The molecule has 1 heterocycles. The molecule has 0 aromatic heterocycles. The molecule has 5 nitrogen and oxygen atoms in total. The molecule has 1 fully saturated rings. The third-order valence-electron chi connectivity index (χ3n) is 4.62. The fourth-order valence-electron chi connectivity index (χ4n) is 3.13. The first-order valence-electron chi connectivity index (χ1n) is 8.81. The van der Waals surface area contributed by atoms with Gasteiger partial charge < -0.3 is 15.0 Å². The molecule has 26 heavy (non-hydrogen) atoms. The van der Waals surface area contributed by atoms with Crippen LogP contribution in [-0.2, 0) is 0 Å². The quantitative estimate of drug-likeness (QED) is 0.845. The van der Waals surface area contributed by atoms with Crippen molar-refractivity contribution < 1.29 is 9.53 Å². The first-order chi connectivity index (χ1) is 12.7. The van der Waals surface area contributed by atoms with Crippen LogP contribution in [0.5, 0.6) is 5.75 Å². The zero-order chi connectivity index (χ0) is 18.4. The molecule has 0 aliphatic carbocycles. The minimum Gasteiger partial charge on any atom is -0.495 e. The van der Waals surface area contributed by atoms with Gasteiger partial charge in [-0.2, -0.15) is 0 Å². The number of ether oxygens (including phenoxy) is 1. The summed E-state index contributed by atoms with van der Waals surface area (Å²) in [5.41, 5.74) is 1.78. The highest BCUT2D eigenvalue weighted by Gasteiger charge is 2.19. The Hall–Kier alpha value is -2.24. The normalized spacial score (nSPS) is 14.9. The lowest BCUT2D eigenvalue weighted by Crippen LogP contribution is -2.48. The second-order valence-corrected chi connectivity index (χ2v) is 6.70. The number of halogens is 1. The number of anilines is 1. The Kier molecular flexibility index (Phi) is 6.36. The van der Waals surface area contributed by atoms with Gasteiger partial charge in [-0.1, -0.05) is 23.7 Å². The maximum absolute atomic E-state index is 12.1. The average molecular weight is 374 g/mol. The number of methoxy groups -OCH3 is 1. The molecule has 0 unspecified atom stereocenters. The summed E-state index contributed by atoms with van der Waals surface area (Å²) in [5, 5.41) is 3.60. The molecule has 1 aliphatic rings. The molecule has 0 atom stereocenters. The molecule has 138 valence electrons. The van der Waals surface area contributed by atoms with E-state index >= 15 is 0 Å². The Labute approximate surface area is 159 Å². The van der Waals surface area contributed by atoms with E-state index in [9.17, 15) is 4.79 Å². The second kappa shape index (κ2) is 8.92. The van der Waals surface area contributed by atoms with Gasteiger partial charge in [0.25, 0.3) is 5.91 Å². The van der Waals surface area contributed by atoms with Crippen LogP contribution in [0, 0.1) is 0 Å². The summed E-state index contributed by atoms with van der Waals surface area (Å²) < 4.78 is 5.46. The van der Waals surface area contributed by atoms with Gasteiger partial charge in [-0.05, 0) is 36.4 Å². The summed E-state index contributed by atoms with van der Waals surface area (Å²) in [6.45, 7) is 5.32. The molecule has 0 radical (unpaired) electrons. The van der Waals surface area contributed by atoms with Gasteiger partial charge in [-0.25, -0.2) is 0 Å². The topological polar surface area (TPSA) is 44.8 Å². The summed E-state index contributed by atoms with van der Waals surface area (Å²) >= 11 is 5.85. The summed E-state index contributed by atoms with van der Waals surface area (Å²) in [4.78, 5) is 16.8. The minimum atomic E-state index is -0.0608. The largest absolute Gasteiger partial charge is 0.495 e. The lowest BCUT2D eigenvalue weighted by Gasteiger charge is -2.36. The van der Waals surface area contributed by atoms with Crippen LogP contribution in [0.2, 0.25) is 5.02 Å². The van der Waals surface area contributed by atoms with E-state index in [-0.39, 0.29) is 5.91 Å². The smallest absolute Gasteiger partial charge is 0.251 e. The van der Waals surface area contributed by atoms with Crippen molar-refractivity contribution in [3.63, 3.8) is 0 Å². The molecule has 6 heteroatoms. The SMILES string of the molecule is COc1ccccc1N1CCN(CCNC(=O)c2ccc(Cl)cc2)CC1. The standard InChI is InChI=1S/C20H24ClN3O2/c1-26-19-5-3-2-4-18(19)24-14-12-23(13-15-24)11-10-22-20(25)16-6-8-17(21)9-7-16/h2-9H,10-15H2,1H3,(H,22,25). The number of piperazine rings is 1. The highest BCUT2D eigenvalue weighted by Crippen LogP contribution is 2.28. The number of hydrogen-bond donors (Lipinski definition) is 1. The van der Waals surface area contributed by atoms with Gasteiger partial charge >= 0.3 is 0 Å². The van der Waals surface area contributed by atoms with Crippen LogP contribution in [0.1, 0.15) is 10.4 Å². The molecule has 0 saturated carbocycles. The van der Waals surface area contributed by atoms with E-state index in [4.69, 9.17) is 16.3 Å². The molecule has 2 aromatic carbocycles. The summed E-state index contributed by atoms with van der Waals surface area (Å²) in [7, 11) is 1.71. The number of carbonyl (C=O) groups is 1. The second-order valence-electron chi connectivity index (χ2n) is 6.26. The maximum Gasteiger partial charge on any atom is 0.251 e. The van der Waals surface area contributed by atoms with E-state index in [1.165, 1.54) is 0 Å². The van der Waals surface area contributed by atoms with Crippen molar-refractivity contribution in [2.75, 3.05) is 51.3 Å². The molecular formula is C20H24ClN3O2. The van der Waals surface area contributed by atoms with Gasteiger partial charge in [0.05, 0.1) is 12.8 Å². The minimum absolute atomic E-state index is 0.0608. The number of carbonyl (C=O) groups excluding carboxylic acids is 1. The predicted molar refractivity (Wildman–Crippen MR) is 105 cm³/mol. The van der Waals surface area contributed by atoms with Crippen molar-refractivity contribution in [3.05, 3.63) is 59.1 Å². The van der Waals surface area contributed by atoms with Crippen molar-refractivity contribution in [3.8, 4) is 5.75 Å². The average Bonchev–Trinajstić information content (AvgIpc) is 2.69. The monoisotopic (exact) mass is 373 g/mol. The number of hydrogen-bond acceptors (Lipinski definition) is 4. The van der Waals surface area contributed by atoms with Crippen molar-refractivity contribution >= 4 is 23.2 Å². The number of amides is 1. The Balaban J connectivity index is 1.43. The maximum atomic E-state index is 12.1. The van der Waals surface area contributed by atoms with Crippen LogP contribution < -0.4 is 15.0 Å². The Morgan fingerprint density at radius 1 is 1.08 bits per heavy atom. The van der Waals surface area contributed by atoms with Crippen molar-refractivity contribution in [2.24, 2.45) is 0 Å². The van der Waals surface area contributed by atoms with Crippen LogP contribution in [-0.4, -0.2) is 57.2 Å². The van der Waals surface area contributed by atoms with Gasteiger partial charge in [0.1, 0.15) is 5.75 Å². The number of rotatable bonds is 6. The molecular weight excluding hydrogens is 350 g/mol. The van der Waals surface area contributed by atoms with Crippen LogP contribution in [0.4, 0.5) is 5.69 Å². The van der Waals surface area contributed by atoms with Gasteiger partial charge in [-0.3, -0.25) is 9.69 Å². The summed E-state index contributed by atoms with van der Waals surface area (Å²) in [6, 6.07) is 15.1. The highest BCUT2D eigenvalue weighted by atomic mass is 35.5. The van der Waals surface area contributed by atoms with Gasteiger partial charge in [0.2, 0.25) is 0 Å². The van der Waals surface area contributed by atoms with Crippen molar-refractivity contribution in [1.29, 1.82) is 0 Å². The van der Waals surface area contributed by atoms with Crippen molar-refractivity contribution in [2.45, 2.75) is 0 Å². The fraction of sp³-hybridized carbons (Fsp3) is 0.350. The molecule has 0 bridgehead atoms. The molecule has 1 amide bonds. The van der Waals surface area contributed by atoms with E-state index in [0.29, 0.717) is 17.1 Å². The number of benzene rings is 2. The molecule has 1 saturated heterocycles. The third-order valence-corrected chi connectivity index (χ3v) is 4.87. The number of para-hydroxylation sites is 2. The van der Waals surface area contributed by atoms with Gasteiger partial charge in [-0.15, -0.1) is 0 Å². The predicted octanol–water partition coefficient (Wildman–Crippen LogP) is 2.90. The number of nitrogens with zero attached hydrogens (tertiary/aromatic N) is 2.